The van der Waals surface area contributed by atoms with Crippen LogP contribution in [0.3, 0.4) is 0 Å². The van der Waals surface area contributed by atoms with Gasteiger partial charge in [0.15, 0.2) is 0 Å². The first kappa shape index (κ1) is 14.2. The van der Waals surface area contributed by atoms with Crippen molar-refractivity contribution in [3.8, 4) is 0 Å². The number of amides is 1. The van der Waals surface area contributed by atoms with E-state index in [2.05, 4.69) is 20.9 Å². The zero-order valence-electron chi connectivity index (χ0n) is 10.6. The van der Waals surface area contributed by atoms with Crippen LogP contribution in [0.4, 0.5) is 0 Å². The van der Waals surface area contributed by atoms with Gasteiger partial charge in [0.25, 0.3) is 0 Å². The molecule has 1 aromatic rings. The van der Waals surface area contributed by atoms with Crippen molar-refractivity contribution in [3.63, 3.8) is 0 Å². The smallest absolute Gasteiger partial charge is 0.236 e. The molecule has 1 heterocycles. The lowest BCUT2D eigenvalue weighted by molar-refractivity contribution is -0.132. The molecule has 0 aliphatic carbocycles. The molecular weight excluding hydrogens is 280 g/mol. The fourth-order valence-corrected chi connectivity index (χ4v) is 1.82. The molecule has 0 aromatic carbocycles. The van der Waals surface area contributed by atoms with Crippen LogP contribution in [0.2, 0.25) is 0 Å². The van der Waals surface area contributed by atoms with E-state index in [1.807, 2.05) is 37.8 Å². The summed E-state index contributed by atoms with van der Waals surface area (Å²) < 4.78 is 0. The molecule has 0 aliphatic heterocycles. The number of rotatable bonds is 5. The van der Waals surface area contributed by atoms with E-state index in [1.54, 1.807) is 12.4 Å². The molecule has 94 valence electrons. The maximum absolute atomic E-state index is 12.2. The molecule has 4 heteroatoms. The van der Waals surface area contributed by atoms with E-state index in [0.29, 0.717) is 6.54 Å². The van der Waals surface area contributed by atoms with Crippen LogP contribution >= 0.6 is 15.9 Å². The van der Waals surface area contributed by atoms with Crippen molar-refractivity contribution in [2.45, 2.75) is 44.6 Å². The Bertz CT molecular complexity index is 354. The molecule has 1 unspecified atom stereocenters. The number of carbonyl (C=O) groups excluding carboxylic acids is 1. The van der Waals surface area contributed by atoms with Crippen molar-refractivity contribution in [1.82, 2.24) is 9.88 Å². The number of pyridine rings is 1. The minimum atomic E-state index is -0.0958. The van der Waals surface area contributed by atoms with Crippen LogP contribution in [0.5, 0.6) is 0 Å². The van der Waals surface area contributed by atoms with Gasteiger partial charge in [-0.05, 0) is 31.9 Å². The summed E-state index contributed by atoms with van der Waals surface area (Å²) in [7, 11) is 0. The van der Waals surface area contributed by atoms with Gasteiger partial charge in [-0.3, -0.25) is 9.78 Å². The van der Waals surface area contributed by atoms with E-state index in [9.17, 15) is 4.79 Å². The highest BCUT2D eigenvalue weighted by Crippen LogP contribution is 2.14. The lowest BCUT2D eigenvalue weighted by Gasteiger charge is -2.28. The quantitative estimate of drug-likeness (QED) is 0.783. The van der Waals surface area contributed by atoms with Crippen molar-refractivity contribution in [3.05, 3.63) is 30.1 Å². The Morgan fingerprint density at radius 2 is 2.24 bits per heavy atom. The normalized spacial score (nSPS) is 12.5. The highest BCUT2D eigenvalue weighted by atomic mass is 79.9. The van der Waals surface area contributed by atoms with Crippen LogP contribution in [0, 0.1) is 0 Å². The molecule has 0 radical (unpaired) electrons. The molecule has 1 atom stereocenters. The van der Waals surface area contributed by atoms with Gasteiger partial charge in [0.05, 0.1) is 4.83 Å². The largest absolute Gasteiger partial charge is 0.335 e. The Hall–Kier alpha value is -0.900. The molecule has 0 fully saturated rings. The second kappa shape index (κ2) is 6.74. The highest BCUT2D eigenvalue weighted by molar-refractivity contribution is 9.10. The lowest BCUT2D eigenvalue weighted by atomic mass is 10.2. The molecule has 1 amide bonds. The third-order valence-electron chi connectivity index (χ3n) is 2.61. The molecule has 3 nitrogen and oxygen atoms in total. The number of nitrogens with zero attached hydrogens (tertiary/aromatic N) is 2. The molecule has 1 rings (SSSR count). The maximum atomic E-state index is 12.2. The number of hydrogen-bond donors (Lipinski definition) is 0. The summed E-state index contributed by atoms with van der Waals surface area (Å²) in [5.41, 5.74) is 1.06. The van der Waals surface area contributed by atoms with Gasteiger partial charge < -0.3 is 4.90 Å². The minimum absolute atomic E-state index is 0.0958. The van der Waals surface area contributed by atoms with Crippen LogP contribution in [-0.2, 0) is 11.3 Å². The van der Waals surface area contributed by atoms with Crippen LogP contribution in [0.25, 0.3) is 0 Å². The van der Waals surface area contributed by atoms with Crippen LogP contribution in [0.1, 0.15) is 32.8 Å². The molecule has 0 spiro atoms. The number of carbonyl (C=O) groups is 1. The fourth-order valence-electron chi connectivity index (χ4n) is 1.56. The Balaban J connectivity index is 2.77. The first-order valence-corrected chi connectivity index (χ1v) is 6.81. The summed E-state index contributed by atoms with van der Waals surface area (Å²) >= 11 is 3.42. The number of aromatic nitrogens is 1. The van der Waals surface area contributed by atoms with Gasteiger partial charge >= 0.3 is 0 Å². The average Bonchev–Trinajstić information content (AvgIpc) is 2.35. The van der Waals surface area contributed by atoms with Gasteiger partial charge in [-0.2, -0.15) is 0 Å². The lowest BCUT2D eigenvalue weighted by Crippen LogP contribution is -2.40. The van der Waals surface area contributed by atoms with Gasteiger partial charge in [0.2, 0.25) is 5.91 Å². The SMILES string of the molecule is CCC(Br)C(=O)N(Cc1cccnc1)C(C)C. The zero-order chi connectivity index (χ0) is 12.8. The molecule has 0 saturated heterocycles. The summed E-state index contributed by atoms with van der Waals surface area (Å²) in [5.74, 6) is 0.145. The minimum Gasteiger partial charge on any atom is -0.335 e. The van der Waals surface area contributed by atoms with E-state index in [0.717, 1.165) is 12.0 Å². The molecule has 0 bridgehead atoms. The van der Waals surface area contributed by atoms with Crippen LogP contribution in [0.15, 0.2) is 24.5 Å². The molecule has 0 aliphatic rings. The number of alkyl halides is 1. The van der Waals surface area contributed by atoms with Crippen LogP contribution < -0.4 is 0 Å². The van der Waals surface area contributed by atoms with Crippen molar-refractivity contribution >= 4 is 21.8 Å². The summed E-state index contributed by atoms with van der Waals surface area (Å²) in [5, 5.41) is 0. The van der Waals surface area contributed by atoms with Crippen molar-refractivity contribution < 1.29 is 4.79 Å². The molecule has 0 N–H and O–H groups in total. The third-order valence-corrected chi connectivity index (χ3v) is 3.65. The summed E-state index contributed by atoms with van der Waals surface area (Å²) in [6, 6.07) is 4.07. The van der Waals surface area contributed by atoms with E-state index in [1.165, 1.54) is 0 Å². The Morgan fingerprint density at radius 1 is 1.53 bits per heavy atom. The van der Waals surface area contributed by atoms with Crippen LogP contribution in [-0.4, -0.2) is 26.7 Å². The van der Waals surface area contributed by atoms with Gasteiger partial charge in [0.1, 0.15) is 0 Å². The predicted molar refractivity (Wildman–Crippen MR) is 72.9 cm³/mol. The molecule has 0 saturated carbocycles. The van der Waals surface area contributed by atoms with Gasteiger partial charge in [-0.15, -0.1) is 0 Å². The van der Waals surface area contributed by atoms with Gasteiger partial charge in [0, 0.05) is 25.0 Å². The topological polar surface area (TPSA) is 33.2 Å². The van der Waals surface area contributed by atoms with E-state index < -0.39 is 0 Å². The summed E-state index contributed by atoms with van der Waals surface area (Å²) in [6.45, 7) is 6.68. The second-order valence-electron chi connectivity index (χ2n) is 4.30. The van der Waals surface area contributed by atoms with Crippen molar-refractivity contribution in [2.75, 3.05) is 0 Å². The van der Waals surface area contributed by atoms with E-state index >= 15 is 0 Å². The first-order chi connectivity index (χ1) is 8.06. The Labute approximate surface area is 111 Å². The Morgan fingerprint density at radius 3 is 2.71 bits per heavy atom. The average molecular weight is 299 g/mol. The Kier molecular flexibility index (Phi) is 5.62. The van der Waals surface area contributed by atoms with Crippen molar-refractivity contribution in [1.29, 1.82) is 0 Å². The van der Waals surface area contributed by atoms with Gasteiger partial charge in [-0.25, -0.2) is 0 Å². The number of hydrogen-bond acceptors (Lipinski definition) is 2. The highest BCUT2D eigenvalue weighted by Gasteiger charge is 2.22. The maximum Gasteiger partial charge on any atom is 0.236 e. The standard InChI is InChI=1S/C13H19BrN2O/c1-4-12(14)13(17)16(10(2)3)9-11-6-5-7-15-8-11/h5-8,10,12H,4,9H2,1-3H3. The molecule has 1 aromatic heterocycles. The zero-order valence-corrected chi connectivity index (χ0v) is 12.1. The van der Waals surface area contributed by atoms with Gasteiger partial charge in [-0.1, -0.05) is 28.9 Å². The fraction of sp³-hybridized carbons (Fsp3) is 0.538. The molecule has 17 heavy (non-hydrogen) atoms. The summed E-state index contributed by atoms with van der Waals surface area (Å²) in [4.78, 5) is 18.0. The number of halogens is 1. The van der Waals surface area contributed by atoms with Crippen molar-refractivity contribution in [2.24, 2.45) is 0 Å². The van der Waals surface area contributed by atoms with E-state index in [4.69, 9.17) is 0 Å². The summed E-state index contributed by atoms with van der Waals surface area (Å²) in [6.07, 6.45) is 4.34. The predicted octanol–water partition coefficient (Wildman–Crippen LogP) is 2.99. The first-order valence-electron chi connectivity index (χ1n) is 5.89. The van der Waals surface area contributed by atoms with E-state index in [-0.39, 0.29) is 16.8 Å². The second-order valence-corrected chi connectivity index (χ2v) is 5.40. The monoisotopic (exact) mass is 298 g/mol. The third kappa shape index (κ3) is 4.11. The molecular formula is C13H19BrN2O.